The van der Waals surface area contributed by atoms with Crippen molar-refractivity contribution in [3.63, 3.8) is 0 Å². The van der Waals surface area contributed by atoms with Crippen LogP contribution in [0.1, 0.15) is 37.8 Å². The monoisotopic (exact) mass is 289 g/mol. The van der Waals surface area contributed by atoms with Gasteiger partial charge >= 0.3 is 0 Å². The quantitative estimate of drug-likeness (QED) is 0.906. The van der Waals surface area contributed by atoms with Crippen LogP contribution in [0.15, 0.2) is 18.2 Å². The highest BCUT2D eigenvalue weighted by atomic mass is 19.1. The number of nitrogens with one attached hydrogen (secondary N) is 1. The Bertz CT molecular complexity index is 501. The lowest BCUT2D eigenvalue weighted by Crippen LogP contribution is -2.41. The van der Waals surface area contributed by atoms with Gasteiger partial charge in [-0.1, -0.05) is 12.1 Å². The lowest BCUT2D eigenvalue weighted by molar-refractivity contribution is 0.162. The fourth-order valence-electron chi connectivity index (χ4n) is 2.88. The van der Waals surface area contributed by atoms with Crippen LogP contribution in [-0.4, -0.2) is 30.6 Å². The smallest absolute Gasteiger partial charge is 0.145 e. The van der Waals surface area contributed by atoms with Gasteiger partial charge in [0.05, 0.1) is 5.56 Å². The second-order valence-electron chi connectivity index (χ2n) is 6.13. The van der Waals surface area contributed by atoms with Gasteiger partial charge < -0.3 is 5.32 Å². The van der Waals surface area contributed by atoms with Gasteiger partial charge in [0, 0.05) is 24.7 Å². The van der Waals surface area contributed by atoms with E-state index in [1.807, 2.05) is 6.07 Å². The number of rotatable bonds is 5. The molecule has 1 aliphatic rings. The first-order chi connectivity index (χ1) is 10.1. The number of hydrogen-bond donors (Lipinski definition) is 1. The zero-order chi connectivity index (χ0) is 15.2. The Labute approximate surface area is 126 Å². The van der Waals surface area contributed by atoms with Gasteiger partial charge in [0.25, 0.3) is 0 Å². The SMILES string of the molecule is CC(C)N(Cc1cccc(C#N)c1F)CC1CCCNC1. The summed E-state index contributed by atoms with van der Waals surface area (Å²) >= 11 is 0. The highest BCUT2D eigenvalue weighted by Crippen LogP contribution is 2.19. The molecular weight excluding hydrogens is 265 g/mol. The molecule has 2 rings (SSSR count). The number of piperidine rings is 1. The van der Waals surface area contributed by atoms with Crippen LogP contribution in [0.25, 0.3) is 0 Å². The van der Waals surface area contributed by atoms with Gasteiger partial charge in [-0.15, -0.1) is 0 Å². The molecular formula is C17H24FN3. The maximum absolute atomic E-state index is 14.2. The molecule has 1 atom stereocenters. The maximum Gasteiger partial charge on any atom is 0.145 e. The second-order valence-corrected chi connectivity index (χ2v) is 6.13. The Morgan fingerprint density at radius 1 is 1.48 bits per heavy atom. The molecule has 21 heavy (non-hydrogen) atoms. The predicted molar refractivity (Wildman–Crippen MR) is 82.3 cm³/mol. The molecule has 0 bridgehead atoms. The van der Waals surface area contributed by atoms with Gasteiger partial charge in [-0.2, -0.15) is 5.26 Å². The molecule has 4 heteroatoms. The lowest BCUT2D eigenvalue weighted by Gasteiger charge is -2.33. The number of nitriles is 1. The van der Waals surface area contributed by atoms with Gasteiger partial charge in [0.2, 0.25) is 0 Å². The lowest BCUT2D eigenvalue weighted by atomic mass is 9.98. The van der Waals surface area contributed by atoms with E-state index >= 15 is 0 Å². The van der Waals surface area contributed by atoms with Crippen molar-refractivity contribution in [1.82, 2.24) is 10.2 Å². The molecule has 1 aliphatic heterocycles. The number of hydrogen-bond acceptors (Lipinski definition) is 3. The normalized spacial score (nSPS) is 19.0. The average molecular weight is 289 g/mol. The zero-order valence-corrected chi connectivity index (χ0v) is 12.9. The minimum absolute atomic E-state index is 0.135. The van der Waals surface area contributed by atoms with E-state index in [1.54, 1.807) is 12.1 Å². The first kappa shape index (κ1) is 15.9. The van der Waals surface area contributed by atoms with E-state index in [-0.39, 0.29) is 11.4 Å². The van der Waals surface area contributed by atoms with Crippen LogP contribution >= 0.6 is 0 Å². The van der Waals surface area contributed by atoms with Crippen molar-refractivity contribution in [1.29, 1.82) is 5.26 Å². The van der Waals surface area contributed by atoms with Crippen molar-refractivity contribution in [3.05, 3.63) is 35.1 Å². The van der Waals surface area contributed by atoms with Crippen LogP contribution in [-0.2, 0) is 6.54 Å². The maximum atomic E-state index is 14.2. The van der Waals surface area contributed by atoms with E-state index in [0.717, 1.165) is 19.6 Å². The Kier molecular flexibility index (Phi) is 5.72. The zero-order valence-electron chi connectivity index (χ0n) is 12.9. The van der Waals surface area contributed by atoms with E-state index in [2.05, 4.69) is 24.1 Å². The van der Waals surface area contributed by atoms with Crippen LogP contribution in [0.5, 0.6) is 0 Å². The van der Waals surface area contributed by atoms with Crippen LogP contribution in [0, 0.1) is 23.1 Å². The minimum Gasteiger partial charge on any atom is -0.316 e. The molecule has 0 saturated carbocycles. The van der Waals surface area contributed by atoms with Crippen LogP contribution in [0.4, 0.5) is 4.39 Å². The van der Waals surface area contributed by atoms with Crippen molar-refractivity contribution < 1.29 is 4.39 Å². The Morgan fingerprint density at radius 2 is 2.29 bits per heavy atom. The van der Waals surface area contributed by atoms with E-state index in [1.165, 1.54) is 18.9 Å². The van der Waals surface area contributed by atoms with Gasteiger partial charge in [0.15, 0.2) is 0 Å². The summed E-state index contributed by atoms with van der Waals surface area (Å²) in [7, 11) is 0. The third-order valence-corrected chi connectivity index (χ3v) is 4.19. The fraction of sp³-hybridized carbons (Fsp3) is 0.588. The molecule has 1 unspecified atom stereocenters. The first-order valence-corrected chi connectivity index (χ1v) is 7.74. The summed E-state index contributed by atoms with van der Waals surface area (Å²) in [4.78, 5) is 2.30. The number of nitrogens with zero attached hydrogens (tertiary/aromatic N) is 2. The summed E-state index contributed by atoms with van der Waals surface area (Å²) in [6.07, 6.45) is 2.45. The molecule has 0 aliphatic carbocycles. The van der Waals surface area contributed by atoms with E-state index in [9.17, 15) is 4.39 Å². The second kappa shape index (κ2) is 7.53. The van der Waals surface area contributed by atoms with Crippen molar-refractivity contribution in [3.8, 4) is 6.07 Å². The summed E-state index contributed by atoms with van der Waals surface area (Å²) in [5.74, 6) is 0.260. The molecule has 1 N–H and O–H groups in total. The summed E-state index contributed by atoms with van der Waals surface area (Å²) in [6, 6.07) is 7.35. The third-order valence-electron chi connectivity index (χ3n) is 4.19. The highest BCUT2D eigenvalue weighted by Gasteiger charge is 2.20. The van der Waals surface area contributed by atoms with Gasteiger partial charge in [-0.3, -0.25) is 4.90 Å². The van der Waals surface area contributed by atoms with E-state index < -0.39 is 0 Å². The molecule has 1 aromatic rings. The highest BCUT2D eigenvalue weighted by molar-refractivity contribution is 5.34. The molecule has 1 fully saturated rings. The van der Waals surface area contributed by atoms with Crippen molar-refractivity contribution >= 4 is 0 Å². The molecule has 1 aromatic carbocycles. The Morgan fingerprint density at radius 3 is 2.90 bits per heavy atom. The van der Waals surface area contributed by atoms with Crippen LogP contribution in [0.3, 0.4) is 0 Å². The number of benzene rings is 1. The van der Waals surface area contributed by atoms with E-state index in [4.69, 9.17) is 5.26 Å². The summed E-state index contributed by atoms with van der Waals surface area (Å²) in [6.45, 7) is 7.97. The summed E-state index contributed by atoms with van der Waals surface area (Å²) in [5, 5.41) is 12.4. The van der Waals surface area contributed by atoms with E-state index in [0.29, 0.717) is 24.1 Å². The summed E-state index contributed by atoms with van der Waals surface area (Å²) < 4.78 is 14.2. The Hall–Kier alpha value is -1.44. The molecule has 0 spiro atoms. The number of halogens is 1. The van der Waals surface area contributed by atoms with Crippen molar-refractivity contribution in [2.45, 2.75) is 39.3 Å². The van der Waals surface area contributed by atoms with Gasteiger partial charge in [0.1, 0.15) is 11.9 Å². The molecule has 0 amide bonds. The third kappa shape index (κ3) is 4.26. The van der Waals surface area contributed by atoms with Crippen LogP contribution < -0.4 is 5.32 Å². The standard InChI is InChI=1S/C17H24FN3/c1-13(2)21(11-14-5-4-8-20-10-14)12-16-7-3-6-15(9-19)17(16)18/h3,6-7,13-14,20H,4-5,8,10-12H2,1-2H3. The summed E-state index contributed by atoms with van der Waals surface area (Å²) in [5.41, 5.74) is 0.752. The first-order valence-electron chi connectivity index (χ1n) is 7.74. The topological polar surface area (TPSA) is 39.1 Å². The molecule has 0 aromatic heterocycles. The average Bonchev–Trinajstić information content (AvgIpc) is 2.49. The minimum atomic E-state index is -0.368. The van der Waals surface area contributed by atoms with Crippen LogP contribution in [0.2, 0.25) is 0 Å². The molecule has 114 valence electrons. The van der Waals surface area contributed by atoms with Crippen molar-refractivity contribution in [2.75, 3.05) is 19.6 Å². The Balaban J connectivity index is 2.07. The predicted octanol–water partition coefficient (Wildman–Crippen LogP) is 2.91. The molecule has 1 saturated heterocycles. The fourth-order valence-corrected chi connectivity index (χ4v) is 2.88. The molecule has 3 nitrogen and oxygen atoms in total. The molecule has 1 heterocycles. The molecule has 0 radical (unpaired) electrons. The van der Waals surface area contributed by atoms with Crippen molar-refractivity contribution in [2.24, 2.45) is 5.92 Å². The van der Waals surface area contributed by atoms with Gasteiger partial charge in [-0.25, -0.2) is 4.39 Å². The van der Waals surface area contributed by atoms with Gasteiger partial charge in [-0.05, 0) is 51.8 Å². The largest absolute Gasteiger partial charge is 0.316 e.